The van der Waals surface area contributed by atoms with Gasteiger partial charge in [-0.3, -0.25) is 9.59 Å². The summed E-state index contributed by atoms with van der Waals surface area (Å²) in [6, 6.07) is 8.00. The number of ether oxygens (including phenoxy) is 1. The van der Waals surface area contributed by atoms with Crippen LogP contribution in [0.2, 0.25) is 0 Å². The molecule has 0 aromatic heterocycles. The van der Waals surface area contributed by atoms with Crippen molar-refractivity contribution in [3.63, 3.8) is 0 Å². The second kappa shape index (κ2) is 6.93. The van der Waals surface area contributed by atoms with E-state index in [1.54, 1.807) is 6.92 Å². The molecule has 1 saturated heterocycles. The van der Waals surface area contributed by atoms with E-state index < -0.39 is 0 Å². The van der Waals surface area contributed by atoms with Crippen LogP contribution in [0.15, 0.2) is 24.3 Å². The molecule has 130 valence electrons. The zero-order chi connectivity index (χ0) is 17.3. The molecule has 0 spiro atoms. The van der Waals surface area contributed by atoms with Gasteiger partial charge in [-0.2, -0.15) is 0 Å². The van der Waals surface area contributed by atoms with Crippen LogP contribution in [-0.4, -0.2) is 53.5 Å². The van der Waals surface area contributed by atoms with Gasteiger partial charge in [0.25, 0.3) is 0 Å². The number of carbonyl (C=O) groups is 2. The standard InChI is InChI=1S/C19H26N2O3/c1-13-11-20(12-14(2)24-13)19(23)10-18-17-7-5-4-6-16(17)8-9-21(18)15(3)22/h4-7,13-14,18H,8-12H2,1-3H3. The molecule has 2 heterocycles. The molecule has 3 atom stereocenters. The average Bonchev–Trinajstić information content (AvgIpc) is 2.53. The van der Waals surface area contributed by atoms with Crippen molar-refractivity contribution in [2.45, 2.75) is 51.9 Å². The van der Waals surface area contributed by atoms with Crippen LogP contribution in [-0.2, 0) is 20.7 Å². The first-order chi connectivity index (χ1) is 11.5. The van der Waals surface area contributed by atoms with Crippen LogP contribution in [0.5, 0.6) is 0 Å². The highest BCUT2D eigenvalue weighted by atomic mass is 16.5. The first-order valence-corrected chi connectivity index (χ1v) is 8.74. The Balaban J connectivity index is 1.80. The largest absolute Gasteiger partial charge is 0.372 e. The topological polar surface area (TPSA) is 49.9 Å². The quantitative estimate of drug-likeness (QED) is 0.835. The van der Waals surface area contributed by atoms with Crippen LogP contribution >= 0.6 is 0 Å². The second-order valence-corrected chi connectivity index (χ2v) is 6.94. The van der Waals surface area contributed by atoms with Crippen molar-refractivity contribution < 1.29 is 14.3 Å². The van der Waals surface area contributed by atoms with E-state index in [9.17, 15) is 9.59 Å². The number of hydrogen-bond acceptors (Lipinski definition) is 3. The Morgan fingerprint density at radius 2 is 1.83 bits per heavy atom. The smallest absolute Gasteiger partial charge is 0.225 e. The van der Waals surface area contributed by atoms with Crippen molar-refractivity contribution in [3.05, 3.63) is 35.4 Å². The first-order valence-electron chi connectivity index (χ1n) is 8.74. The summed E-state index contributed by atoms with van der Waals surface area (Å²) in [5.41, 5.74) is 2.36. The molecule has 24 heavy (non-hydrogen) atoms. The number of hydrogen-bond donors (Lipinski definition) is 0. The van der Waals surface area contributed by atoms with E-state index in [-0.39, 0.29) is 30.1 Å². The van der Waals surface area contributed by atoms with E-state index in [1.807, 2.05) is 41.8 Å². The van der Waals surface area contributed by atoms with Gasteiger partial charge >= 0.3 is 0 Å². The summed E-state index contributed by atoms with van der Waals surface area (Å²) in [7, 11) is 0. The van der Waals surface area contributed by atoms with Crippen LogP contribution in [0.3, 0.4) is 0 Å². The van der Waals surface area contributed by atoms with Crippen LogP contribution in [0.1, 0.15) is 44.4 Å². The van der Waals surface area contributed by atoms with Gasteiger partial charge in [0.15, 0.2) is 0 Å². The lowest BCUT2D eigenvalue weighted by atomic mass is 9.90. The number of benzene rings is 1. The molecule has 2 aliphatic rings. The maximum atomic E-state index is 12.9. The molecule has 1 aromatic rings. The van der Waals surface area contributed by atoms with E-state index in [0.717, 1.165) is 12.0 Å². The Bertz CT molecular complexity index is 621. The van der Waals surface area contributed by atoms with Crippen molar-refractivity contribution in [2.24, 2.45) is 0 Å². The Morgan fingerprint density at radius 3 is 2.50 bits per heavy atom. The SMILES string of the molecule is CC(=O)N1CCc2ccccc2C1CC(=O)N1CC(C)OC(C)C1. The Morgan fingerprint density at radius 1 is 1.17 bits per heavy atom. The molecule has 2 amide bonds. The van der Waals surface area contributed by atoms with Crippen LogP contribution < -0.4 is 0 Å². The monoisotopic (exact) mass is 330 g/mol. The van der Waals surface area contributed by atoms with Crippen molar-refractivity contribution in [2.75, 3.05) is 19.6 Å². The lowest BCUT2D eigenvalue weighted by Gasteiger charge is -2.39. The number of morpholine rings is 1. The fraction of sp³-hybridized carbons (Fsp3) is 0.579. The zero-order valence-corrected chi connectivity index (χ0v) is 14.7. The molecule has 0 saturated carbocycles. The molecule has 1 fully saturated rings. The Kier molecular flexibility index (Phi) is 4.90. The molecule has 2 aliphatic heterocycles. The van der Waals surface area contributed by atoms with Crippen LogP contribution in [0, 0.1) is 0 Å². The summed E-state index contributed by atoms with van der Waals surface area (Å²) in [5, 5.41) is 0. The van der Waals surface area contributed by atoms with Gasteiger partial charge in [0.2, 0.25) is 11.8 Å². The molecule has 5 heteroatoms. The average molecular weight is 330 g/mol. The number of nitrogens with zero attached hydrogens (tertiary/aromatic N) is 2. The van der Waals surface area contributed by atoms with Gasteiger partial charge in [0.1, 0.15) is 0 Å². The van der Waals surface area contributed by atoms with Gasteiger partial charge in [-0.1, -0.05) is 24.3 Å². The van der Waals surface area contributed by atoms with Gasteiger partial charge in [-0.25, -0.2) is 0 Å². The van der Waals surface area contributed by atoms with Crippen LogP contribution in [0.4, 0.5) is 0 Å². The highest BCUT2D eigenvalue weighted by Crippen LogP contribution is 2.33. The van der Waals surface area contributed by atoms with E-state index in [4.69, 9.17) is 4.74 Å². The second-order valence-electron chi connectivity index (χ2n) is 6.94. The van der Waals surface area contributed by atoms with Gasteiger partial charge in [-0.15, -0.1) is 0 Å². The van der Waals surface area contributed by atoms with Gasteiger partial charge in [-0.05, 0) is 31.4 Å². The molecule has 5 nitrogen and oxygen atoms in total. The minimum atomic E-state index is -0.159. The van der Waals surface area contributed by atoms with Crippen molar-refractivity contribution in [3.8, 4) is 0 Å². The molecule has 0 N–H and O–H groups in total. The number of fused-ring (bicyclic) bond motifs is 1. The predicted octanol–water partition coefficient (Wildman–Crippen LogP) is 2.16. The summed E-state index contributed by atoms with van der Waals surface area (Å²) in [6.45, 7) is 7.50. The predicted molar refractivity (Wildman–Crippen MR) is 91.5 cm³/mol. The summed E-state index contributed by atoms with van der Waals surface area (Å²) in [4.78, 5) is 28.7. The summed E-state index contributed by atoms with van der Waals surface area (Å²) < 4.78 is 5.71. The highest BCUT2D eigenvalue weighted by molar-refractivity contribution is 5.80. The van der Waals surface area contributed by atoms with Crippen molar-refractivity contribution in [1.29, 1.82) is 0 Å². The summed E-state index contributed by atoms with van der Waals surface area (Å²) >= 11 is 0. The molecule has 1 aromatic carbocycles. The Hall–Kier alpha value is -1.88. The third-order valence-corrected chi connectivity index (χ3v) is 4.96. The maximum Gasteiger partial charge on any atom is 0.225 e. The Labute approximate surface area is 143 Å². The van der Waals surface area contributed by atoms with Crippen molar-refractivity contribution in [1.82, 2.24) is 9.80 Å². The number of amides is 2. The normalized spacial score (nSPS) is 26.9. The van der Waals surface area contributed by atoms with Crippen LogP contribution in [0.25, 0.3) is 0 Å². The molecule has 0 aliphatic carbocycles. The van der Waals surface area contributed by atoms with E-state index in [2.05, 4.69) is 6.07 Å². The molecule has 3 unspecified atom stereocenters. The lowest BCUT2D eigenvalue weighted by Crippen LogP contribution is -2.49. The highest BCUT2D eigenvalue weighted by Gasteiger charge is 2.33. The fourth-order valence-electron chi connectivity index (χ4n) is 3.92. The van der Waals surface area contributed by atoms with Crippen molar-refractivity contribution >= 4 is 11.8 Å². The minimum absolute atomic E-state index is 0.0333. The zero-order valence-electron chi connectivity index (χ0n) is 14.7. The number of carbonyl (C=O) groups excluding carboxylic acids is 2. The summed E-state index contributed by atoms with van der Waals surface area (Å²) in [6.07, 6.45) is 1.31. The third-order valence-electron chi connectivity index (χ3n) is 4.96. The third kappa shape index (κ3) is 3.46. The maximum absolute atomic E-state index is 12.9. The number of rotatable bonds is 2. The van der Waals surface area contributed by atoms with Gasteiger partial charge in [0, 0.05) is 26.6 Å². The lowest BCUT2D eigenvalue weighted by molar-refractivity contribution is -0.145. The first kappa shape index (κ1) is 17.0. The van der Waals surface area contributed by atoms with E-state index in [1.165, 1.54) is 5.56 Å². The molecule has 3 rings (SSSR count). The van der Waals surface area contributed by atoms with E-state index >= 15 is 0 Å². The van der Waals surface area contributed by atoms with E-state index in [0.29, 0.717) is 26.1 Å². The molecule has 0 bridgehead atoms. The molecular weight excluding hydrogens is 304 g/mol. The van der Waals surface area contributed by atoms with Gasteiger partial charge < -0.3 is 14.5 Å². The molecule has 0 radical (unpaired) electrons. The molecular formula is C19H26N2O3. The summed E-state index contributed by atoms with van der Waals surface area (Å²) in [5.74, 6) is 0.135. The fourth-order valence-corrected chi connectivity index (χ4v) is 3.92. The van der Waals surface area contributed by atoms with Gasteiger partial charge in [0.05, 0.1) is 24.7 Å². The minimum Gasteiger partial charge on any atom is -0.372 e.